The van der Waals surface area contributed by atoms with Gasteiger partial charge < -0.3 is 16.0 Å². The van der Waals surface area contributed by atoms with Gasteiger partial charge in [-0.2, -0.15) is 0 Å². The molecule has 0 radical (unpaired) electrons. The molecule has 0 spiro atoms. The van der Waals surface area contributed by atoms with E-state index in [9.17, 15) is 9.59 Å². The molecule has 2 aliphatic rings. The topological polar surface area (TPSA) is 86.4 Å². The van der Waals surface area contributed by atoms with Crippen molar-refractivity contribution >= 4 is 50.6 Å². The number of carbonyl (C=O) groups excluding carboxylic acids is 2. The molecule has 0 saturated carbocycles. The van der Waals surface area contributed by atoms with E-state index in [1.54, 1.807) is 11.1 Å². The van der Waals surface area contributed by atoms with Crippen LogP contribution in [-0.4, -0.2) is 36.1 Å². The largest absolute Gasteiger partial charge is 0.347 e. The number of nitrogens with one attached hydrogen (secondary N) is 3. The number of anilines is 3. The Morgan fingerprint density at radius 2 is 1.97 bits per heavy atom. The molecule has 4 aromatic rings. The molecule has 4 heterocycles. The van der Waals surface area contributed by atoms with E-state index < -0.39 is 0 Å². The van der Waals surface area contributed by atoms with Crippen LogP contribution in [0.15, 0.2) is 66.9 Å². The lowest BCUT2D eigenvalue weighted by Crippen LogP contribution is -2.45. The zero-order valence-electron chi connectivity index (χ0n) is 19.1. The van der Waals surface area contributed by atoms with Crippen molar-refractivity contribution in [2.24, 2.45) is 0 Å². The van der Waals surface area contributed by atoms with Gasteiger partial charge in [0, 0.05) is 18.8 Å². The molecular weight excluding hydrogens is 458 g/mol. The van der Waals surface area contributed by atoms with Crippen LogP contribution in [0.3, 0.4) is 0 Å². The SMILES string of the molecule is O=C(N[C@@H]1CCCNC1)c1sc2nccc3c2c1NC(=O)N3c1cccc(Cc2ccccc2)c1. The number of rotatable bonds is 5. The van der Waals surface area contributed by atoms with Crippen LogP contribution in [-0.2, 0) is 6.42 Å². The van der Waals surface area contributed by atoms with Crippen molar-refractivity contribution in [3.05, 3.63) is 82.9 Å². The number of pyridine rings is 1. The number of hydrogen-bond acceptors (Lipinski definition) is 5. The molecule has 2 aliphatic heterocycles. The van der Waals surface area contributed by atoms with Crippen LogP contribution in [0, 0.1) is 0 Å². The summed E-state index contributed by atoms with van der Waals surface area (Å²) in [6.07, 6.45) is 4.46. The molecular formula is C27H25N5O2S. The van der Waals surface area contributed by atoms with Crippen LogP contribution in [0.2, 0.25) is 0 Å². The number of nitrogens with zero attached hydrogens (tertiary/aromatic N) is 2. The fourth-order valence-electron chi connectivity index (χ4n) is 4.86. The van der Waals surface area contributed by atoms with Gasteiger partial charge in [-0.15, -0.1) is 11.3 Å². The third-order valence-electron chi connectivity index (χ3n) is 6.50. The van der Waals surface area contributed by atoms with Gasteiger partial charge in [0.2, 0.25) is 0 Å². The lowest BCUT2D eigenvalue weighted by Gasteiger charge is -2.29. The summed E-state index contributed by atoms with van der Waals surface area (Å²) in [5.41, 5.74) is 4.39. The van der Waals surface area contributed by atoms with Crippen LogP contribution in [0.25, 0.3) is 10.2 Å². The molecule has 6 rings (SSSR count). The van der Waals surface area contributed by atoms with Crippen LogP contribution >= 0.6 is 11.3 Å². The maximum atomic E-state index is 13.4. The van der Waals surface area contributed by atoms with Gasteiger partial charge in [-0.3, -0.25) is 9.69 Å². The fraction of sp³-hybridized carbons (Fsp3) is 0.222. The van der Waals surface area contributed by atoms with Gasteiger partial charge in [0.1, 0.15) is 9.71 Å². The van der Waals surface area contributed by atoms with Gasteiger partial charge in [0.05, 0.1) is 22.4 Å². The number of urea groups is 1. The van der Waals surface area contributed by atoms with Crippen molar-refractivity contribution in [1.29, 1.82) is 0 Å². The minimum atomic E-state index is -0.284. The van der Waals surface area contributed by atoms with Crippen molar-refractivity contribution in [3.8, 4) is 0 Å². The monoisotopic (exact) mass is 483 g/mol. The van der Waals surface area contributed by atoms with E-state index in [0.29, 0.717) is 10.6 Å². The first-order chi connectivity index (χ1) is 17.2. The summed E-state index contributed by atoms with van der Waals surface area (Å²) in [6.45, 7) is 1.74. The molecule has 0 aliphatic carbocycles. The quantitative estimate of drug-likeness (QED) is 0.371. The predicted molar refractivity (Wildman–Crippen MR) is 140 cm³/mol. The van der Waals surface area contributed by atoms with Gasteiger partial charge >= 0.3 is 6.03 Å². The van der Waals surface area contributed by atoms with Gasteiger partial charge in [0.25, 0.3) is 5.91 Å². The summed E-state index contributed by atoms with van der Waals surface area (Å²) < 4.78 is 0. The first-order valence-electron chi connectivity index (χ1n) is 11.8. The second-order valence-electron chi connectivity index (χ2n) is 8.93. The zero-order valence-corrected chi connectivity index (χ0v) is 19.9. The Kier molecular flexibility index (Phi) is 5.67. The molecule has 1 atom stereocenters. The summed E-state index contributed by atoms with van der Waals surface area (Å²) in [5, 5.41) is 10.2. The van der Waals surface area contributed by atoms with E-state index in [-0.39, 0.29) is 18.0 Å². The normalized spacial score (nSPS) is 17.3. The highest BCUT2D eigenvalue weighted by Crippen LogP contribution is 2.45. The Morgan fingerprint density at radius 1 is 1.11 bits per heavy atom. The third-order valence-corrected chi connectivity index (χ3v) is 7.60. The third kappa shape index (κ3) is 4.15. The molecule has 0 unspecified atom stereocenters. The average molecular weight is 484 g/mol. The van der Waals surface area contributed by atoms with Crippen molar-refractivity contribution in [1.82, 2.24) is 15.6 Å². The van der Waals surface area contributed by atoms with Gasteiger partial charge in [-0.1, -0.05) is 42.5 Å². The molecule has 3 amide bonds. The smallest absolute Gasteiger partial charge is 0.331 e. The molecule has 176 valence electrons. The number of thiophene rings is 1. The summed E-state index contributed by atoms with van der Waals surface area (Å²) in [7, 11) is 0. The highest BCUT2D eigenvalue weighted by atomic mass is 32.1. The summed E-state index contributed by atoms with van der Waals surface area (Å²) in [5.74, 6) is -0.166. The van der Waals surface area contributed by atoms with E-state index in [2.05, 4.69) is 39.1 Å². The van der Waals surface area contributed by atoms with Crippen molar-refractivity contribution in [2.75, 3.05) is 23.3 Å². The van der Waals surface area contributed by atoms with Gasteiger partial charge in [0.15, 0.2) is 0 Å². The standard InChI is InChI=1S/C27H25N5O2S/c33-25(30-19-9-5-12-28-16-19)24-23-22-21(11-13-29-26(22)35-24)32(27(34)31-23)20-10-4-8-18(15-20)14-17-6-2-1-3-7-17/h1-4,6-8,10-11,13,15,19,28H,5,9,12,14,16H2,(H,30,33)(H,31,34)/t19-/m1/s1. The summed E-state index contributed by atoms with van der Waals surface area (Å²) >= 11 is 1.32. The molecule has 1 fully saturated rings. The van der Waals surface area contributed by atoms with E-state index >= 15 is 0 Å². The van der Waals surface area contributed by atoms with Crippen molar-refractivity contribution < 1.29 is 9.59 Å². The molecule has 2 aromatic heterocycles. The summed E-state index contributed by atoms with van der Waals surface area (Å²) in [4.78, 5) is 33.9. The first kappa shape index (κ1) is 21.8. The molecule has 35 heavy (non-hydrogen) atoms. The maximum absolute atomic E-state index is 13.4. The number of amides is 3. The molecule has 7 nitrogen and oxygen atoms in total. The minimum absolute atomic E-state index is 0.0873. The Hall–Kier alpha value is -3.75. The lowest BCUT2D eigenvalue weighted by atomic mass is 10.0. The highest BCUT2D eigenvalue weighted by molar-refractivity contribution is 7.21. The van der Waals surface area contributed by atoms with Crippen molar-refractivity contribution in [3.63, 3.8) is 0 Å². The predicted octanol–water partition coefficient (Wildman–Crippen LogP) is 5.05. The number of carbonyl (C=O) groups is 2. The Labute approximate surface area is 207 Å². The molecule has 1 saturated heterocycles. The Balaban J connectivity index is 1.35. The van der Waals surface area contributed by atoms with E-state index in [4.69, 9.17) is 0 Å². The van der Waals surface area contributed by atoms with Gasteiger partial charge in [-0.25, -0.2) is 9.78 Å². The van der Waals surface area contributed by atoms with Crippen LogP contribution < -0.4 is 20.9 Å². The number of benzene rings is 2. The van der Waals surface area contributed by atoms with E-state index in [0.717, 1.165) is 59.5 Å². The molecule has 0 bridgehead atoms. The zero-order chi connectivity index (χ0) is 23.8. The second-order valence-corrected chi connectivity index (χ2v) is 9.93. The minimum Gasteiger partial charge on any atom is -0.347 e. The molecule has 2 aromatic carbocycles. The van der Waals surface area contributed by atoms with Crippen LogP contribution in [0.1, 0.15) is 33.6 Å². The molecule has 3 N–H and O–H groups in total. The lowest BCUT2D eigenvalue weighted by molar-refractivity contribution is 0.0935. The Bertz CT molecular complexity index is 1410. The number of piperidine rings is 1. The van der Waals surface area contributed by atoms with Crippen molar-refractivity contribution in [2.45, 2.75) is 25.3 Å². The number of aromatic nitrogens is 1. The van der Waals surface area contributed by atoms with E-state index in [1.807, 2.05) is 42.5 Å². The van der Waals surface area contributed by atoms with Crippen LogP contribution in [0.5, 0.6) is 0 Å². The van der Waals surface area contributed by atoms with E-state index in [1.165, 1.54) is 16.9 Å². The van der Waals surface area contributed by atoms with Crippen LogP contribution in [0.4, 0.5) is 21.9 Å². The molecule has 8 heteroatoms. The number of hydrogen-bond donors (Lipinski definition) is 3. The maximum Gasteiger partial charge on any atom is 0.331 e. The average Bonchev–Trinajstić information content (AvgIpc) is 3.25. The van der Waals surface area contributed by atoms with Gasteiger partial charge in [-0.05, 0) is 55.1 Å². The highest BCUT2D eigenvalue weighted by Gasteiger charge is 2.33. The summed E-state index contributed by atoms with van der Waals surface area (Å²) in [6, 6.07) is 19.9. The first-order valence-corrected chi connectivity index (χ1v) is 12.7. The second kappa shape index (κ2) is 9.13. The fourth-order valence-corrected chi connectivity index (χ4v) is 5.89. The Morgan fingerprint density at radius 3 is 2.80 bits per heavy atom.